The Morgan fingerprint density at radius 1 is 1.35 bits per heavy atom. The summed E-state index contributed by atoms with van der Waals surface area (Å²) < 4.78 is 0. The summed E-state index contributed by atoms with van der Waals surface area (Å²) in [5.41, 5.74) is 2.31. The minimum Gasteiger partial charge on any atom is -0.315 e. The van der Waals surface area contributed by atoms with Crippen molar-refractivity contribution >= 4 is 11.6 Å². The molecule has 0 spiro atoms. The van der Waals surface area contributed by atoms with Crippen LogP contribution in [-0.2, 0) is 4.79 Å². The Bertz CT molecular complexity index is 457. The molecule has 3 rings (SSSR count). The summed E-state index contributed by atoms with van der Waals surface area (Å²) in [5.74, 6) is 0.964. The van der Waals surface area contributed by atoms with E-state index in [1.54, 1.807) is 4.90 Å². The third kappa shape index (κ3) is 1.84. The van der Waals surface area contributed by atoms with Gasteiger partial charge >= 0.3 is 0 Å². The summed E-state index contributed by atoms with van der Waals surface area (Å²) in [7, 11) is 1.86. The lowest BCUT2D eigenvalue weighted by Crippen LogP contribution is -2.38. The monoisotopic (exact) mass is 230 g/mol. The highest BCUT2D eigenvalue weighted by Gasteiger charge is 2.37. The molecule has 0 aromatic heterocycles. The van der Waals surface area contributed by atoms with Crippen LogP contribution in [0.5, 0.6) is 0 Å². The van der Waals surface area contributed by atoms with Crippen LogP contribution in [0.1, 0.15) is 31.4 Å². The van der Waals surface area contributed by atoms with Crippen molar-refractivity contribution in [1.29, 1.82) is 0 Å². The van der Waals surface area contributed by atoms with Crippen molar-refractivity contribution < 1.29 is 4.79 Å². The number of carbonyl (C=O) groups is 1. The maximum Gasteiger partial charge on any atom is 0.228 e. The van der Waals surface area contributed by atoms with Crippen LogP contribution in [0.2, 0.25) is 0 Å². The number of para-hydroxylation sites is 1. The molecule has 1 aliphatic carbocycles. The van der Waals surface area contributed by atoms with Crippen molar-refractivity contribution in [1.82, 2.24) is 5.32 Å². The van der Waals surface area contributed by atoms with Gasteiger partial charge in [-0.05, 0) is 24.0 Å². The zero-order valence-corrected chi connectivity index (χ0v) is 10.3. The van der Waals surface area contributed by atoms with Crippen LogP contribution in [0.25, 0.3) is 0 Å². The van der Waals surface area contributed by atoms with Gasteiger partial charge in [0.25, 0.3) is 0 Å². The van der Waals surface area contributed by atoms with Gasteiger partial charge in [-0.25, -0.2) is 0 Å². The molecule has 1 aromatic carbocycles. The van der Waals surface area contributed by atoms with E-state index in [0.29, 0.717) is 12.5 Å². The topological polar surface area (TPSA) is 32.3 Å². The molecule has 3 nitrogen and oxygen atoms in total. The number of fused-ring (bicyclic) bond motifs is 1. The van der Waals surface area contributed by atoms with Crippen LogP contribution in [0.3, 0.4) is 0 Å². The summed E-state index contributed by atoms with van der Waals surface area (Å²) >= 11 is 0. The third-order valence-corrected chi connectivity index (χ3v) is 3.95. The van der Waals surface area contributed by atoms with Gasteiger partial charge < -0.3 is 10.2 Å². The first kappa shape index (κ1) is 10.8. The van der Waals surface area contributed by atoms with Crippen molar-refractivity contribution in [2.24, 2.45) is 5.92 Å². The lowest BCUT2D eigenvalue weighted by molar-refractivity contribution is -0.119. The van der Waals surface area contributed by atoms with Crippen LogP contribution in [0.4, 0.5) is 5.69 Å². The van der Waals surface area contributed by atoms with E-state index < -0.39 is 0 Å². The average molecular weight is 230 g/mol. The van der Waals surface area contributed by atoms with E-state index >= 15 is 0 Å². The van der Waals surface area contributed by atoms with Crippen LogP contribution < -0.4 is 10.2 Å². The number of nitrogens with zero attached hydrogens (tertiary/aromatic N) is 1. The fraction of sp³-hybridized carbons (Fsp3) is 0.500. The maximum absolute atomic E-state index is 11.9. The number of nitrogens with one attached hydrogen (secondary N) is 1. The second-order valence-corrected chi connectivity index (χ2v) is 5.25. The van der Waals surface area contributed by atoms with Crippen molar-refractivity contribution in [3.05, 3.63) is 29.8 Å². The van der Waals surface area contributed by atoms with Gasteiger partial charge in [-0.2, -0.15) is 0 Å². The highest BCUT2D eigenvalue weighted by Crippen LogP contribution is 2.37. The molecule has 3 atom stereocenters. The minimum absolute atomic E-state index is 0.199. The number of carbonyl (C=O) groups excluding carboxylic acids is 1. The molecular weight excluding hydrogens is 212 g/mol. The summed E-state index contributed by atoms with van der Waals surface area (Å²) in [4.78, 5) is 13.7. The van der Waals surface area contributed by atoms with Crippen molar-refractivity contribution in [2.45, 2.75) is 31.8 Å². The molecule has 3 unspecified atom stereocenters. The molecule has 1 heterocycles. The molecule has 1 fully saturated rings. The van der Waals surface area contributed by atoms with Crippen LogP contribution >= 0.6 is 0 Å². The fourth-order valence-electron chi connectivity index (χ4n) is 2.60. The van der Waals surface area contributed by atoms with E-state index in [4.69, 9.17) is 0 Å². The van der Waals surface area contributed by atoms with Crippen LogP contribution in [-0.4, -0.2) is 19.0 Å². The average Bonchev–Trinajstić information content (AvgIpc) is 3.02. The Morgan fingerprint density at radius 2 is 2.06 bits per heavy atom. The highest BCUT2D eigenvalue weighted by molar-refractivity contribution is 5.96. The Labute approximate surface area is 102 Å². The van der Waals surface area contributed by atoms with Gasteiger partial charge in [0.15, 0.2) is 0 Å². The lowest BCUT2D eigenvalue weighted by atomic mass is 9.96. The predicted molar refractivity (Wildman–Crippen MR) is 67.9 cm³/mol. The summed E-state index contributed by atoms with van der Waals surface area (Å²) in [6, 6.07) is 8.99. The molecule has 3 heteroatoms. The largest absolute Gasteiger partial charge is 0.315 e. The van der Waals surface area contributed by atoms with Gasteiger partial charge in [0.2, 0.25) is 5.91 Å². The predicted octanol–water partition coefficient (Wildman–Crippen LogP) is 2.09. The first-order chi connectivity index (χ1) is 8.16. The number of anilines is 1. The maximum atomic E-state index is 11.9. The molecule has 1 aromatic rings. The van der Waals surface area contributed by atoms with Crippen molar-refractivity contribution in [3.8, 4) is 0 Å². The number of hydrogen-bond acceptors (Lipinski definition) is 2. The fourth-order valence-corrected chi connectivity index (χ4v) is 2.60. The van der Waals surface area contributed by atoms with Crippen molar-refractivity contribution in [2.75, 3.05) is 11.9 Å². The van der Waals surface area contributed by atoms with Gasteiger partial charge in [-0.1, -0.05) is 25.1 Å². The number of amides is 1. The summed E-state index contributed by atoms with van der Waals surface area (Å²) in [6.45, 7) is 2.25. The molecule has 0 radical (unpaired) electrons. The number of rotatable bonds is 2. The van der Waals surface area contributed by atoms with Gasteiger partial charge in [0.05, 0.1) is 0 Å². The van der Waals surface area contributed by atoms with E-state index in [1.165, 1.54) is 12.0 Å². The van der Waals surface area contributed by atoms with Crippen LogP contribution in [0.15, 0.2) is 24.3 Å². The second kappa shape index (κ2) is 3.84. The smallest absolute Gasteiger partial charge is 0.228 e. The SMILES string of the molecule is CC1CC1NC1CC(=O)N(C)c2ccccc21. The lowest BCUT2D eigenvalue weighted by Gasteiger charge is -2.32. The minimum atomic E-state index is 0.199. The molecule has 0 bridgehead atoms. The highest BCUT2D eigenvalue weighted by atomic mass is 16.2. The Hall–Kier alpha value is -1.35. The molecule has 1 N–H and O–H groups in total. The number of benzene rings is 1. The molecule has 0 saturated heterocycles. The molecule has 1 aliphatic heterocycles. The Morgan fingerprint density at radius 3 is 2.76 bits per heavy atom. The second-order valence-electron chi connectivity index (χ2n) is 5.25. The van der Waals surface area contributed by atoms with Gasteiger partial charge in [-0.15, -0.1) is 0 Å². The van der Waals surface area contributed by atoms with Crippen molar-refractivity contribution in [3.63, 3.8) is 0 Å². The summed E-state index contributed by atoms with van der Waals surface area (Å²) in [6.07, 6.45) is 1.82. The van der Waals surface area contributed by atoms with Gasteiger partial charge in [0, 0.05) is 31.2 Å². The molecule has 1 saturated carbocycles. The zero-order valence-electron chi connectivity index (χ0n) is 10.3. The van der Waals surface area contributed by atoms with Crippen LogP contribution in [0, 0.1) is 5.92 Å². The first-order valence-electron chi connectivity index (χ1n) is 6.28. The van der Waals surface area contributed by atoms with E-state index in [-0.39, 0.29) is 11.9 Å². The quantitative estimate of drug-likeness (QED) is 0.843. The van der Waals surface area contributed by atoms with E-state index in [0.717, 1.165) is 11.6 Å². The third-order valence-electron chi connectivity index (χ3n) is 3.95. The molecule has 2 aliphatic rings. The van der Waals surface area contributed by atoms with Gasteiger partial charge in [0.1, 0.15) is 0 Å². The summed E-state index contributed by atoms with van der Waals surface area (Å²) in [5, 5.41) is 3.60. The number of hydrogen-bond donors (Lipinski definition) is 1. The van der Waals surface area contributed by atoms with E-state index in [1.807, 2.05) is 25.2 Å². The Kier molecular flexibility index (Phi) is 2.44. The molecule has 1 amide bonds. The molecule has 17 heavy (non-hydrogen) atoms. The molecule has 90 valence electrons. The zero-order chi connectivity index (χ0) is 12.0. The van der Waals surface area contributed by atoms with E-state index in [2.05, 4.69) is 18.3 Å². The molecular formula is C14H18N2O. The first-order valence-corrected chi connectivity index (χ1v) is 6.28. The standard InChI is InChI=1S/C14H18N2O/c1-9-7-11(9)15-12-8-14(17)16(2)13-6-4-3-5-10(12)13/h3-6,9,11-12,15H,7-8H2,1-2H3. The Balaban J connectivity index is 1.90. The van der Waals surface area contributed by atoms with Gasteiger partial charge in [-0.3, -0.25) is 4.79 Å². The van der Waals surface area contributed by atoms with E-state index in [9.17, 15) is 4.79 Å². The normalized spacial score (nSPS) is 31.3.